The number of pyridine rings is 1. The first-order valence-corrected chi connectivity index (χ1v) is 8.65. The Bertz CT molecular complexity index is 901. The van der Waals surface area contributed by atoms with Gasteiger partial charge in [-0.2, -0.15) is 0 Å². The van der Waals surface area contributed by atoms with E-state index in [4.69, 9.17) is 0 Å². The van der Waals surface area contributed by atoms with E-state index >= 15 is 0 Å². The highest BCUT2D eigenvalue weighted by atomic mass is 16.3. The van der Waals surface area contributed by atoms with Crippen LogP contribution in [-0.4, -0.2) is 34.6 Å². The van der Waals surface area contributed by atoms with Gasteiger partial charge in [0.1, 0.15) is 0 Å². The molecule has 0 spiro atoms. The largest absolute Gasteiger partial charge is 0.396 e. The van der Waals surface area contributed by atoms with E-state index in [0.29, 0.717) is 6.42 Å². The topological polar surface area (TPSA) is 53.4 Å². The molecule has 2 aromatic carbocycles. The number of amides is 1. The third kappa shape index (κ3) is 3.98. The predicted molar refractivity (Wildman–Crippen MR) is 104 cm³/mol. The normalized spacial score (nSPS) is 12.4. The van der Waals surface area contributed by atoms with Crippen LogP contribution >= 0.6 is 0 Å². The maximum absolute atomic E-state index is 12.7. The van der Waals surface area contributed by atoms with Gasteiger partial charge in [-0.05, 0) is 24.1 Å². The van der Waals surface area contributed by atoms with Crippen molar-refractivity contribution < 1.29 is 9.90 Å². The van der Waals surface area contributed by atoms with Crippen molar-refractivity contribution in [3.8, 4) is 0 Å². The van der Waals surface area contributed by atoms with Crippen molar-refractivity contribution in [2.24, 2.45) is 0 Å². The average molecular weight is 346 g/mol. The second kappa shape index (κ2) is 8.41. The first kappa shape index (κ1) is 17.8. The van der Waals surface area contributed by atoms with Gasteiger partial charge in [-0.1, -0.05) is 54.6 Å². The Morgan fingerprint density at radius 2 is 1.88 bits per heavy atom. The fourth-order valence-corrected chi connectivity index (χ4v) is 3.08. The summed E-state index contributed by atoms with van der Waals surface area (Å²) in [7, 11) is 1.77. The van der Waals surface area contributed by atoms with Gasteiger partial charge in [0.05, 0.1) is 11.6 Å². The standard InChI is InChI=1S/C22H22N2O2/c1-24(20(14-16-25)17-7-3-2-4-8-17)21(26)13-12-19-10-5-9-18-11-6-15-23-22(18)19/h2-13,15,20,25H,14,16H2,1H3/b13-12+. The number of hydrogen-bond donors (Lipinski definition) is 1. The Morgan fingerprint density at radius 3 is 2.65 bits per heavy atom. The number of benzene rings is 2. The number of aliphatic hydroxyl groups is 1. The summed E-state index contributed by atoms with van der Waals surface area (Å²) in [5.41, 5.74) is 2.79. The van der Waals surface area contributed by atoms with Crippen molar-refractivity contribution in [2.75, 3.05) is 13.7 Å². The lowest BCUT2D eigenvalue weighted by atomic mass is 10.0. The minimum atomic E-state index is -0.163. The van der Waals surface area contributed by atoms with Gasteiger partial charge < -0.3 is 10.0 Å². The van der Waals surface area contributed by atoms with Gasteiger partial charge >= 0.3 is 0 Å². The molecule has 1 heterocycles. The highest BCUT2D eigenvalue weighted by Gasteiger charge is 2.19. The number of nitrogens with zero attached hydrogens (tertiary/aromatic N) is 2. The van der Waals surface area contributed by atoms with Crippen LogP contribution in [-0.2, 0) is 4.79 Å². The molecule has 0 saturated heterocycles. The van der Waals surface area contributed by atoms with Gasteiger partial charge in [-0.15, -0.1) is 0 Å². The number of hydrogen-bond acceptors (Lipinski definition) is 3. The molecule has 1 unspecified atom stereocenters. The van der Waals surface area contributed by atoms with Gasteiger partial charge in [0.15, 0.2) is 0 Å². The molecule has 1 atom stereocenters. The molecule has 1 aromatic heterocycles. The zero-order chi connectivity index (χ0) is 18.4. The van der Waals surface area contributed by atoms with Crippen molar-refractivity contribution in [1.29, 1.82) is 0 Å². The van der Waals surface area contributed by atoms with Crippen LogP contribution in [0.2, 0.25) is 0 Å². The minimum absolute atomic E-state index is 0.0220. The number of rotatable bonds is 6. The molecule has 26 heavy (non-hydrogen) atoms. The van der Waals surface area contributed by atoms with Gasteiger partial charge in [-0.25, -0.2) is 0 Å². The number of likely N-dealkylation sites (N-methyl/N-ethyl adjacent to an activating group) is 1. The summed E-state index contributed by atoms with van der Waals surface area (Å²) >= 11 is 0. The van der Waals surface area contributed by atoms with Crippen LogP contribution in [0, 0.1) is 0 Å². The molecule has 0 bridgehead atoms. The summed E-state index contributed by atoms with van der Waals surface area (Å²) < 4.78 is 0. The monoisotopic (exact) mass is 346 g/mol. The third-order valence-corrected chi connectivity index (χ3v) is 4.47. The van der Waals surface area contributed by atoms with Crippen LogP contribution in [0.1, 0.15) is 23.6 Å². The molecule has 132 valence electrons. The van der Waals surface area contributed by atoms with Crippen LogP contribution in [0.4, 0.5) is 0 Å². The molecular formula is C22H22N2O2. The first-order valence-electron chi connectivity index (χ1n) is 8.65. The van der Waals surface area contributed by atoms with Crippen LogP contribution < -0.4 is 0 Å². The lowest BCUT2D eigenvalue weighted by molar-refractivity contribution is -0.127. The summed E-state index contributed by atoms with van der Waals surface area (Å²) in [5, 5.41) is 10.4. The molecule has 4 nitrogen and oxygen atoms in total. The quantitative estimate of drug-likeness (QED) is 0.690. The van der Waals surface area contributed by atoms with E-state index in [1.54, 1.807) is 30.3 Å². The molecule has 0 aliphatic rings. The fraction of sp³-hybridized carbons (Fsp3) is 0.182. The molecule has 0 radical (unpaired) electrons. The average Bonchev–Trinajstić information content (AvgIpc) is 2.70. The summed E-state index contributed by atoms with van der Waals surface area (Å²) in [6.07, 6.45) is 5.61. The van der Waals surface area contributed by atoms with Crippen LogP contribution in [0.25, 0.3) is 17.0 Å². The lowest BCUT2D eigenvalue weighted by Crippen LogP contribution is -2.30. The third-order valence-electron chi connectivity index (χ3n) is 4.47. The molecule has 0 aliphatic heterocycles. The van der Waals surface area contributed by atoms with E-state index < -0.39 is 0 Å². The van der Waals surface area contributed by atoms with Gasteiger partial charge in [0.25, 0.3) is 0 Å². The van der Waals surface area contributed by atoms with Crippen LogP contribution in [0.5, 0.6) is 0 Å². The van der Waals surface area contributed by atoms with E-state index in [9.17, 15) is 9.90 Å². The maximum atomic E-state index is 12.7. The highest BCUT2D eigenvalue weighted by Crippen LogP contribution is 2.23. The van der Waals surface area contributed by atoms with E-state index in [1.807, 2.05) is 60.7 Å². The number of para-hydroxylation sites is 1. The second-order valence-electron chi connectivity index (χ2n) is 6.14. The maximum Gasteiger partial charge on any atom is 0.246 e. The summed E-state index contributed by atoms with van der Waals surface area (Å²) in [6, 6.07) is 19.4. The summed E-state index contributed by atoms with van der Waals surface area (Å²) in [5.74, 6) is -0.111. The minimum Gasteiger partial charge on any atom is -0.396 e. The molecule has 3 rings (SSSR count). The van der Waals surface area contributed by atoms with Crippen molar-refractivity contribution in [3.63, 3.8) is 0 Å². The number of carbonyl (C=O) groups excluding carboxylic acids is 1. The number of fused-ring (bicyclic) bond motifs is 1. The number of carbonyl (C=O) groups is 1. The van der Waals surface area contributed by atoms with Gasteiger partial charge in [0.2, 0.25) is 5.91 Å². The molecule has 3 aromatic rings. The van der Waals surface area contributed by atoms with Crippen LogP contribution in [0.3, 0.4) is 0 Å². The molecule has 0 fully saturated rings. The van der Waals surface area contributed by atoms with Crippen molar-refractivity contribution >= 4 is 22.9 Å². The Balaban J connectivity index is 1.82. The molecule has 0 saturated carbocycles. The Kier molecular flexibility index (Phi) is 5.77. The van der Waals surface area contributed by atoms with Crippen molar-refractivity contribution in [3.05, 3.63) is 84.1 Å². The molecule has 0 aliphatic carbocycles. The SMILES string of the molecule is CN(C(=O)/C=C/c1cccc2cccnc12)C(CCO)c1ccccc1. The van der Waals surface area contributed by atoms with Crippen molar-refractivity contribution in [1.82, 2.24) is 9.88 Å². The highest BCUT2D eigenvalue weighted by molar-refractivity contribution is 5.95. The van der Waals surface area contributed by atoms with E-state index in [1.165, 1.54) is 0 Å². The Hall–Kier alpha value is -2.98. The Morgan fingerprint density at radius 1 is 1.12 bits per heavy atom. The predicted octanol–water partition coefficient (Wildman–Crippen LogP) is 3.83. The van der Waals surface area contributed by atoms with E-state index in [2.05, 4.69) is 4.98 Å². The Labute approximate surface area is 153 Å². The number of aromatic nitrogens is 1. The molecule has 4 heteroatoms. The van der Waals surface area contributed by atoms with E-state index in [-0.39, 0.29) is 18.6 Å². The van der Waals surface area contributed by atoms with Crippen molar-refractivity contribution in [2.45, 2.75) is 12.5 Å². The summed E-state index contributed by atoms with van der Waals surface area (Å²) in [6.45, 7) is 0.0220. The fourth-order valence-electron chi connectivity index (χ4n) is 3.08. The molecule has 1 amide bonds. The smallest absolute Gasteiger partial charge is 0.246 e. The number of aliphatic hydroxyl groups excluding tert-OH is 1. The second-order valence-corrected chi connectivity index (χ2v) is 6.14. The van der Waals surface area contributed by atoms with E-state index in [0.717, 1.165) is 22.0 Å². The van der Waals surface area contributed by atoms with Gasteiger partial charge in [-0.3, -0.25) is 9.78 Å². The zero-order valence-corrected chi connectivity index (χ0v) is 14.7. The first-order chi connectivity index (χ1) is 12.7. The molecular weight excluding hydrogens is 324 g/mol. The van der Waals surface area contributed by atoms with Gasteiger partial charge in [0, 0.05) is 36.9 Å². The summed E-state index contributed by atoms with van der Waals surface area (Å²) in [4.78, 5) is 18.8. The zero-order valence-electron chi connectivity index (χ0n) is 14.7. The molecule has 1 N–H and O–H groups in total. The lowest BCUT2D eigenvalue weighted by Gasteiger charge is -2.27. The van der Waals surface area contributed by atoms with Crippen LogP contribution in [0.15, 0.2) is 72.9 Å².